The van der Waals surface area contributed by atoms with Gasteiger partial charge < -0.3 is 28.8 Å². The molecule has 6 aliphatic rings. The highest BCUT2D eigenvalue weighted by molar-refractivity contribution is 5.67. The first-order valence-corrected chi connectivity index (χ1v) is 18.2. The van der Waals surface area contributed by atoms with E-state index >= 15 is 0 Å². The molecule has 5 aliphatic carbocycles. The van der Waals surface area contributed by atoms with E-state index in [0.717, 1.165) is 32.1 Å². The first-order valence-electron chi connectivity index (χ1n) is 18.2. The SMILES string of the molecule is CC(=O)OCC1CC(C)(C)CC2C1C(OC(C)=O)CC1(C)C3(C)CCC4C(C)(CC5OCC4(COC(C)=O)C5OC(C)=O)C3CCC21O. The van der Waals surface area contributed by atoms with Crippen LogP contribution in [0.25, 0.3) is 0 Å². The maximum Gasteiger partial charge on any atom is 0.303 e. The molecule has 5 saturated carbocycles. The molecule has 6 fully saturated rings. The number of fused-ring (bicyclic) bond motifs is 10. The van der Waals surface area contributed by atoms with Gasteiger partial charge in [0.1, 0.15) is 18.8 Å². The summed E-state index contributed by atoms with van der Waals surface area (Å²) in [7, 11) is 0. The Bertz CT molecular complexity index is 1340. The molecule has 0 spiro atoms. The third-order valence-electron chi connectivity index (χ3n) is 15.1. The first kappa shape index (κ1) is 35.6. The van der Waals surface area contributed by atoms with Crippen LogP contribution in [0.5, 0.6) is 0 Å². The van der Waals surface area contributed by atoms with E-state index in [2.05, 4.69) is 34.6 Å². The highest BCUT2D eigenvalue weighted by Gasteiger charge is 2.77. The summed E-state index contributed by atoms with van der Waals surface area (Å²) in [6, 6.07) is 0. The Morgan fingerprint density at radius 1 is 0.771 bits per heavy atom. The van der Waals surface area contributed by atoms with E-state index < -0.39 is 28.6 Å². The minimum atomic E-state index is -1.02. The van der Waals surface area contributed by atoms with Crippen LogP contribution in [0.15, 0.2) is 0 Å². The van der Waals surface area contributed by atoms with Gasteiger partial charge in [-0.15, -0.1) is 0 Å². The lowest BCUT2D eigenvalue weighted by Crippen LogP contribution is -2.75. The van der Waals surface area contributed by atoms with Crippen LogP contribution in [0.1, 0.15) is 114 Å². The summed E-state index contributed by atoms with van der Waals surface area (Å²) in [5, 5.41) is 13.4. The molecule has 6 rings (SSSR count). The quantitative estimate of drug-likeness (QED) is 0.288. The van der Waals surface area contributed by atoms with E-state index in [0.29, 0.717) is 25.9 Å². The Labute approximate surface area is 285 Å². The van der Waals surface area contributed by atoms with E-state index in [1.807, 2.05) is 0 Å². The fraction of sp³-hybridized carbons (Fsp3) is 0.895. The molecule has 0 amide bonds. The van der Waals surface area contributed by atoms with Gasteiger partial charge in [-0.25, -0.2) is 0 Å². The number of hydrogen-bond donors (Lipinski definition) is 1. The van der Waals surface area contributed by atoms with E-state index in [1.165, 1.54) is 27.7 Å². The lowest BCUT2D eigenvalue weighted by atomic mass is 9.31. The zero-order chi connectivity index (χ0) is 35.2. The number of hydrogen-bond acceptors (Lipinski definition) is 10. The summed E-state index contributed by atoms with van der Waals surface area (Å²) in [6.45, 7) is 17.9. The fourth-order valence-corrected chi connectivity index (χ4v) is 13.4. The molecule has 0 radical (unpaired) electrons. The van der Waals surface area contributed by atoms with Crippen molar-refractivity contribution in [3.8, 4) is 0 Å². The molecule has 270 valence electrons. The van der Waals surface area contributed by atoms with Crippen molar-refractivity contribution in [3.63, 3.8) is 0 Å². The molecule has 48 heavy (non-hydrogen) atoms. The minimum absolute atomic E-state index is 0.0372. The minimum Gasteiger partial charge on any atom is -0.466 e. The van der Waals surface area contributed by atoms with Gasteiger partial charge in [-0.05, 0) is 85.4 Å². The zero-order valence-corrected chi connectivity index (χ0v) is 30.5. The number of carbonyl (C=O) groups excluding carboxylic acids is 4. The molecule has 2 bridgehead atoms. The van der Waals surface area contributed by atoms with Crippen molar-refractivity contribution in [2.45, 2.75) is 138 Å². The maximum atomic E-state index is 13.4. The zero-order valence-electron chi connectivity index (χ0n) is 30.5. The fourth-order valence-electron chi connectivity index (χ4n) is 13.4. The number of aliphatic hydroxyl groups is 1. The van der Waals surface area contributed by atoms with Gasteiger partial charge in [-0.2, -0.15) is 0 Å². The molecule has 10 heteroatoms. The predicted octanol–water partition coefficient (Wildman–Crippen LogP) is 5.41. The molecule has 1 N–H and O–H groups in total. The molecule has 1 aliphatic heterocycles. The average Bonchev–Trinajstić information content (AvgIpc) is 3.20. The van der Waals surface area contributed by atoms with Gasteiger partial charge in [0.2, 0.25) is 0 Å². The van der Waals surface area contributed by atoms with Crippen molar-refractivity contribution in [2.75, 3.05) is 19.8 Å². The molecule has 13 unspecified atom stereocenters. The number of ether oxygens (including phenoxy) is 5. The lowest BCUT2D eigenvalue weighted by Gasteiger charge is -2.75. The van der Waals surface area contributed by atoms with Crippen molar-refractivity contribution in [2.24, 2.45) is 56.7 Å². The second-order valence-electron chi connectivity index (χ2n) is 18.1. The Hall–Kier alpha value is -2.20. The van der Waals surface area contributed by atoms with Crippen molar-refractivity contribution >= 4 is 23.9 Å². The van der Waals surface area contributed by atoms with Gasteiger partial charge >= 0.3 is 23.9 Å². The third-order valence-corrected chi connectivity index (χ3v) is 15.1. The number of rotatable bonds is 6. The lowest BCUT2D eigenvalue weighted by molar-refractivity contribution is -0.322. The molecular weight excluding hydrogens is 616 g/mol. The predicted molar refractivity (Wildman–Crippen MR) is 174 cm³/mol. The molecule has 0 aromatic heterocycles. The topological polar surface area (TPSA) is 135 Å². The Morgan fingerprint density at radius 3 is 2.04 bits per heavy atom. The van der Waals surface area contributed by atoms with Gasteiger partial charge in [-0.1, -0.05) is 34.6 Å². The molecular formula is C38H58O10. The molecule has 13 atom stereocenters. The summed E-state index contributed by atoms with van der Waals surface area (Å²) in [5.74, 6) is -1.43. The Kier molecular flexibility index (Phi) is 8.66. The van der Waals surface area contributed by atoms with Gasteiger partial charge in [0.05, 0.1) is 30.3 Å². The Balaban J connectivity index is 1.42. The maximum absolute atomic E-state index is 13.4. The van der Waals surface area contributed by atoms with Crippen molar-refractivity contribution < 1.29 is 48.0 Å². The van der Waals surface area contributed by atoms with Crippen LogP contribution < -0.4 is 0 Å². The molecule has 10 nitrogen and oxygen atoms in total. The summed E-state index contributed by atoms with van der Waals surface area (Å²) in [4.78, 5) is 49.2. The van der Waals surface area contributed by atoms with Crippen LogP contribution in [-0.2, 0) is 42.9 Å². The summed E-state index contributed by atoms with van der Waals surface area (Å²) in [5.41, 5.74) is -2.93. The monoisotopic (exact) mass is 674 g/mol. The molecule has 0 aromatic carbocycles. The number of esters is 4. The number of carbonyl (C=O) groups is 4. The van der Waals surface area contributed by atoms with Crippen LogP contribution in [-0.4, -0.2) is 72.7 Å². The van der Waals surface area contributed by atoms with Crippen LogP contribution in [0.3, 0.4) is 0 Å². The van der Waals surface area contributed by atoms with Crippen molar-refractivity contribution in [3.05, 3.63) is 0 Å². The summed E-state index contributed by atoms with van der Waals surface area (Å²) >= 11 is 0. The second kappa shape index (κ2) is 11.7. The second-order valence-corrected chi connectivity index (χ2v) is 18.1. The van der Waals surface area contributed by atoms with Gasteiger partial charge in [0.15, 0.2) is 0 Å². The van der Waals surface area contributed by atoms with E-state index in [4.69, 9.17) is 23.7 Å². The average molecular weight is 675 g/mol. The van der Waals surface area contributed by atoms with E-state index in [-0.39, 0.29) is 89.0 Å². The normalized spacial score (nSPS) is 48.5. The largest absolute Gasteiger partial charge is 0.466 e. The molecule has 1 saturated heterocycles. The van der Waals surface area contributed by atoms with Crippen LogP contribution in [0.4, 0.5) is 0 Å². The van der Waals surface area contributed by atoms with Crippen LogP contribution in [0, 0.1) is 56.7 Å². The van der Waals surface area contributed by atoms with Crippen molar-refractivity contribution in [1.82, 2.24) is 0 Å². The van der Waals surface area contributed by atoms with E-state index in [9.17, 15) is 24.3 Å². The van der Waals surface area contributed by atoms with E-state index in [1.54, 1.807) is 0 Å². The highest BCUT2D eigenvalue weighted by atomic mass is 16.6. The molecule has 1 heterocycles. The highest BCUT2D eigenvalue weighted by Crippen LogP contribution is 2.78. The van der Waals surface area contributed by atoms with Crippen molar-refractivity contribution in [1.29, 1.82) is 0 Å². The molecule has 0 aromatic rings. The summed E-state index contributed by atoms with van der Waals surface area (Å²) in [6.07, 6.45) is 4.70. The van der Waals surface area contributed by atoms with Crippen LogP contribution in [0.2, 0.25) is 0 Å². The first-order chi connectivity index (χ1) is 22.2. The smallest absolute Gasteiger partial charge is 0.303 e. The Morgan fingerprint density at radius 2 is 1.42 bits per heavy atom. The van der Waals surface area contributed by atoms with Gasteiger partial charge in [-0.3, -0.25) is 19.2 Å². The third kappa shape index (κ3) is 5.15. The van der Waals surface area contributed by atoms with Gasteiger partial charge in [0.25, 0.3) is 0 Å². The van der Waals surface area contributed by atoms with Gasteiger partial charge in [0, 0.05) is 44.9 Å². The summed E-state index contributed by atoms with van der Waals surface area (Å²) < 4.78 is 30.0. The van der Waals surface area contributed by atoms with Crippen LogP contribution >= 0.6 is 0 Å². The standard InChI is InChI=1S/C38H58O10/c1-21(39)44-18-25-14-33(5,6)15-26-31(25)27(47-23(3)41)17-36(9)35(8)12-10-30-34(7,29(35)11-13-38(26,36)43)16-28-32(48-24(4)42)37(30,20-46-28)19-45-22(2)40/h25-32,43H,10-20H2,1-9H3.